The molecule has 0 aromatic heterocycles. The standard InChI is InChI=1S/C18H21BrN2O2/c1-2-20-11-12-21-18(22)17(14-7-4-3-5-8-14)23-16-10-6-9-15(19)13-16/h3-10,13,17,20H,2,11-12H2,1H3,(H,21,22). The maximum atomic E-state index is 12.5. The number of carbonyl (C=O) groups is 1. The van der Waals surface area contributed by atoms with Gasteiger partial charge in [0.05, 0.1) is 0 Å². The van der Waals surface area contributed by atoms with E-state index in [9.17, 15) is 4.79 Å². The number of amides is 1. The summed E-state index contributed by atoms with van der Waals surface area (Å²) < 4.78 is 6.85. The number of halogens is 1. The van der Waals surface area contributed by atoms with Gasteiger partial charge in [-0.15, -0.1) is 0 Å². The summed E-state index contributed by atoms with van der Waals surface area (Å²) in [5.41, 5.74) is 0.827. The summed E-state index contributed by atoms with van der Waals surface area (Å²) in [5, 5.41) is 6.09. The van der Waals surface area contributed by atoms with Gasteiger partial charge in [-0.05, 0) is 24.7 Å². The molecule has 1 atom stereocenters. The quantitative estimate of drug-likeness (QED) is 0.695. The molecule has 0 aliphatic carbocycles. The second-order valence-corrected chi connectivity index (χ2v) is 5.93. The van der Waals surface area contributed by atoms with Crippen LogP contribution in [0.5, 0.6) is 5.75 Å². The SMILES string of the molecule is CCNCCNC(=O)C(Oc1cccc(Br)c1)c1ccccc1. The Morgan fingerprint density at radius 1 is 1.13 bits per heavy atom. The minimum Gasteiger partial charge on any atom is -0.476 e. The first-order chi connectivity index (χ1) is 11.2. The van der Waals surface area contributed by atoms with E-state index in [1.165, 1.54) is 0 Å². The summed E-state index contributed by atoms with van der Waals surface area (Å²) in [7, 11) is 0. The van der Waals surface area contributed by atoms with Crippen LogP contribution in [0.2, 0.25) is 0 Å². The highest BCUT2D eigenvalue weighted by Gasteiger charge is 2.22. The minimum atomic E-state index is -0.674. The summed E-state index contributed by atoms with van der Waals surface area (Å²) in [6.45, 7) is 4.22. The zero-order valence-electron chi connectivity index (χ0n) is 13.1. The van der Waals surface area contributed by atoms with E-state index >= 15 is 0 Å². The maximum Gasteiger partial charge on any atom is 0.265 e. The molecule has 2 aromatic carbocycles. The summed E-state index contributed by atoms with van der Waals surface area (Å²) in [5.74, 6) is 0.504. The van der Waals surface area contributed by atoms with Crippen molar-refractivity contribution >= 4 is 21.8 Å². The van der Waals surface area contributed by atoms with Crippen molar-refractivity contribution < 1.29 is 9.53 Å². The molecule has 0 saturated heterocycles. The maximum absolute atomic E-state index is 12.5. The van der Waals surface area contributed by atoms with E-state index in [1.807, 2.05) is 61.5 Å². The van der Waals surface area contributed by atoms with Crippen LogP contribution in [0.4, 0.5) is 0 Å². The number of nitrogens with one attached hydrogen (secondary N) is 2. The van der Waals surface area contributed by atoms with Crippen molar-refractivity contribution in [2.24, 2.45) is 0 Å². The van der Waals surface area contributed by atoms with E-state index in [2.05, 4.69) is 26.6 Å². The molecule has 0 aliphatic heterocycles. The monoisotopic (exact) mass is 376 g/mol. The topological polar surface area (TPSA) is 50.4 Å². The van der Waals surface area contributed by atoms with Gasteiger partial charge >= 0.3 is 0 Å². The lowest BCUT2D eigenvalue weighted by atomic mass is 10.1. The van der Waals surface area contributed by atoms with Gasteiger partial charge in [0.25, 0.3) is 5.91 Å². The Labute approximate surface area is 145 Å². The van der Waals surface area contributed by atoms with Gasteiger partial charge in [-0.25, -0.2) is 0 Å². The molecule has 0 spiro atoms. The molecule has 0 saturated carbocycles. The van der Waals surface area contributed by atoms with Crippen LogP contribution in [-0.4, -0.2) is 25.5 Å². The average Bonchev–Trinajstić information content (AvgIpc) is 2.57. The largest absolute Gasteiger partial charge is 0.476 e. The van der Waals surface area contributed by atoms with Gasteiger partial charge in [-0.2, -0.15) is 0 Å². The molecular weight excluding hydrogens is 356 g/mol. The summed E-state index contributed by atoms with van der Waals surface area (Å²) >= 11 is 3.42. The molecule has 0 radical (unpaired) electrons. The van der Waals surface area contributed by atoms with Crippen molar-refractivity contribution in [1.82, 2.24) is 10.6 Å². The van der Waals surface area contributed by atoms with Crippen molar-refractivity contribution in [1.29, 1.82) is 0 Å². The highest BCUT2D eigenvalue weighted by molar-refractivity contribution is 9.10. The fourth-order valence-electron chi connectivity index (χ4n) is 2.12. The highest BCUT2D eigenvalue weighted by Crippen LogP contribution is 2.24. The first kappa shape index (κ1) is 17.5. The Morgan fingerprint density at radius 3 is 2.61 bits per heavy atom. The Kier molecular flexibility index (Phi) is 7.10. The number of hydrogen-bond donors (Lipinski definition) is 2. The molecule has 2 rings (SSSR count). The van der Waals surface area contributed by atoms with Gasteiger partial charge in [0.2, 0.25) is 6.10 Å². The lowest BCUT2D eigenvalue weighted by molar-refractivity contribution is -0.128. The van der Waals surface area contributed by atoms with Crippen molar-refractivity contribution in [3.8, 4) is 5.75 Å². The first-order valence-electron chi connectivity index (χ1n) is 7.66. The Hall–Kier alpha value is -1.85. The van der Waals surface area contributed by atoms with Crippen molar-refractivity contribution in [3.05, 3.63) is 64.6 Å². The van der Waals surface area contributed by atoms with Crippen LogP contribution in [0.15, 0.2) is 59.1 Å². The summed E-state index contributed by atoms with van der Waals surface area (Å²) in [6, 6.07) is 17.0. The summed E-state index contributed by atoms with van der Waals surface area (Å²) in [4.78, 5) is 12.5. The molecule has 2 aromatic rings. The van der Waals surface area contributed by atoms with E-state index in [-0.39, 0.29) is 5.91 Å². The molecule has 5 heteroatoms. The number of carbonyl (C=O) groups excluding carboxylic acids is 1. The highest BCUT2D eigenvalue weighted by atomic mass is 79.9. The molecular formula is C18H21BrN2O2. The van der Waals surface area contributed by atoms with Crippen LogP contribution in [0.1, 0.15) is 18.6 Å². The van der Waals surface area contributed by atoms with E-state index in [4.69, 9.17) is 4.74 Å². The molecule has 1 amide bonds. The third-order valence-corrected chi connectivity index (χ3v) is 3.73. The Balaban J connectivity index is 2.10. The van der Waals surface area contributed by atoms with Crippen molar-refractivity contribution in [2.45, 2.75) is 13.0 Å². The molecule has 4 nitrogen and oxygen atoms in total. The van der Waals surface area contributed by atoms with Crippen LogP contribution in [0.3, 0.4) is 0 Å². The number of ether oxygens (including phenoxy) is 1. The lowest BCUT2D eigenvalue weighted by Gasteiger charge is -2.19. The van der Waals surface area contributed by atoms with Crippen LogP contribution < -0.4 is 15.4 Å². The minimum absolute atomic E-state index is 0.144. The van der Waals surface area contributed by atoms with E-state index in [1.54, 1.807) is 0 Å². The number of benzene rings is 2. The van der Waals surface area contributed by atoms with E-state index in [0.29, 0.717) is 12.3 Å². The van der Waals surface area contributed by atoms with Crippen LogP contribution in [0, 0.1) is 0 Å². The van der Waals surface area contributed by atoms with E-state index < -0.39 is 6.10 Å². The normalized spacial score (nSPS) is 11.7. The molecule has 0 heterocycles. The zero-order valence-corrected chi connectivity index (χ0v) is 14.7. The molecule has 1 unspecified atom stereocenters. The number of hydrogen-bond acceptors (Lipinski definition) is 3. The van der Waals surface area contributed by atoms with Gasteiger partial charge in [-0.1, -0.05) is 59.3 Å². The van der Waals surface area contributed by atoms with Crippen molar-refractivity contribution in [3.63, 3.8) is 0 Å². The van der Waals surface area contributed by atoms with Crippen LogP contribution >= 0.6 is 15.9 Å². The van der Waals surface area contributed by atoms with E-state index in [0.717, 1.165) is 23.1 Å². The van der Waals surface area contributed by atoms with Gasteiger partial charge < -0.3 is 15.4 Å². The molecule has 23 heavy (non-hydrogen) atoms. The first-order valence-corrected chi connectivity index (χ1v) is 8.45. The third kappa shape index (κ3) is 5.69. The fourth-order valence-corrected chi connectivity index (χ4v) is 2.50. The molecule has 0 fully saturated rings. The predicted molar refractivity (Wildman–Crippen MR) is 95.5 cm³/mol. The molecule has 2 N–H and O–H groups in total. The van der Waals surface area contributed by atoms with Gasteiger partial charge in [-0.3, -0.25) is 4.79 Å². The molecule has 122 valence electrons. The fraction of sp³-hybridized carbons (Fsp3) is 0.278. The second-order valence-electron chi connectivity index (χ2n) is 5.01. The van der Waals surface area contributed by atoms with Gasteiger partial charge in [0.15, 0.2) is 0 Å². The lowest BCUT2D eigenvalue weighted by Crippen LogP contribution is -2.36. The molecule has 0 bridgehead atoms. The van der Waals surface area contributed by atoms with Crippen molar-refractivity contribution in [2.75, 3.05) is 19.6 Å². The number of rotatable bonds is 8. The smallest absolute Gasteiger partial charge is 0.265 e. The average molecular weight is 377 g/mol. The predicted octanol–water partition coefficient (Wildman–Crippen LogP) is 3.29. The summed E-state index contributed by atoms with van der Waals surface area (Å²) in [6.07, 6.45) is -0.674. The Morgan fingerprint density at radius 2 is 1.91 bits per heavy atom. The zero-order chi connectivity index (χ0) is 16.5. The molecule has 0 aliphatic rings. The van der Waals surface area contributed by atoms with Crippen LogP contribution in [-0.2, 0) is 4.79 Å². The second kappa shape index (κ2) is 9.33. The van der Waals surface area contributed by atoms with Gasteiger partial charge in [0, 0.05) is 23.1 Å². The van der Waals surface area contributed by atoms with Crippen LogP contribution in [0.25, 0.3) is 0 Å². The number of likely N-dealkylation sites (N-methyl/N-ethyl adjacent to an activating group) is 1. The van der Waals surface area contributed by atoms with Gasteiger partial charge in [0.1, 0.15) is 5.75 Å². The Bertz CT molecular complexity index is 619. The third-order valence-electron chi connectivity index (χ3n) is 3.24.